The van der Waals surface area contributed by atoms with Crippen LogP contribution in [0.5, 0.6) is 0 Å². The van der Waals surface area contributed by atoms with Crippen LogP contribution in [0, 0.1) is 6.92 Å². The van der Waals surface area contributed by atoms with E-state index in [1.165, 1.54) is 17.3 Å². The van der Waals surface area contributed by atoms with Gasteiger partial charge in [0, 0.05) is 24.8 Å². The smallest absolute Gasteiger partial charge is 0.290 e. The number of benzene rings is 1. The number of piperidine rings is 1. The topological polar surface area (TPSA) is 87.4 Å². The standard InChI is InChI=1S/C21H25N3O4S/c1-16-8-9-19(13-20(16)29(27,28)24-11-4-3-5-12-24)22-21(26)15-23-10-6-7-18(14-23)17(2)25/h6-10,13-14H,3-5,11-12,15H2,1-2H3/p+1. The van der Waals surface area contributed by atoms with E-state index in [1.54, 1.807) is 48.1 Å². The number of Topliss-reactive ketones (excluding diaryl/α,β-unsaturated/α-hetero) is 1. The maximum Gasteiger partial charge on any atom is 0.290 e. The fourth-order valence-electron chi connectivity index (χ4n) is 3.39. The summed E-state index contributed by atoms with van der Waals surface area (Å²) < 4.78 is 29.2. The minimum absolute atomic E-state index is 0.0171. The number of hydrogen-bond acceptors (Lipinski definition) is 4. The third kappa shape index (κ3) is 5.07. The zero-order valence-electron chi connectivity index (χ0n) is 16.7. The summed E-state index contributed by atoms with van der Waals surface area (Å²) in [5.41, 5.74) is 1.60. The molecule has 0 unspecified atom stereocenters. The molecule has 0 radical (unpaired) electrons. The molecule has 2 aromatic rings. The Hall–Kier alpha value is -2.58. The quantitative estimate of drug-likeness (QED) is 0.578. The zero-order valence-corrected chi connectivity index (χ0v) is 17.5. The van der Waals surface area contributed by atoms with Crippen LogP contribution in [-0.2, 0) is 21.4 Å². The van der Waals surface area contributed by atoms with E-state index in [2.05, 4.69) is 5.32 Å². The van der Waals surface area contributed by atoms with Gasteiger partial charge in [-0.1, -0.05) is 12.5 Å². The Bertz CT molecular complexity index is 1030. The predicted molar refractivity (Wildman–Crippen MR) is 109 cm³/mol. The summed E-state index contributed by atoms with van der Waals surface area (Å²) in [5, 5.41) is 2.75. The van der Waals surface area contributed by atoms with Gasteiger partial charge >= 0.3 is 0 Å². The van der Waals surface area contributed by atoms with Crippen molar-refractivity contribution in [3.63, 3.8) is 0 Å². The highest BCUT2D eigenvalue weighted by Crippen LogP contribution is 2.26. The summed E-state index contributed by atoms with van der Waals surface area (Å²) >= 11 is 0. The lowest BCUT2D eigenvalue weighted by molar-refractivity contribution is -0.684. The van der Waals surface area contributed by atoms with Gasteiger partial charge in [0.25, 0.3) is 5.91 Å². The van der Waals surface area contributed by atoms with Crippen molar-refractivity contribution in [2.24, 2.45) is 0 Å². The molecule has 29 heavy (non-hydrogen) atoms. The summed E-state index contributed by atoms with van der Waals surface area (Å²) in [6.07, 6.45) is 6.09. The first-order valence-electron chi connectivity index (χ1n) is 9.68. The molecule has 1 N–H and O–H groups in total. The van der Waals surface area contributed by atoms with Crippen LogP contribution in [0.4, 0.5) is 5.69 Å². The normalized spacial score (nSPS) is 15.1. The van der Waals surface area contributed by atoms with E-state index in [-0.39, 0.29) is 23.1 Å². The molecule has 1 aromatic carbocycles. The van der Waals surface area contributed by atoms with E-state index in [0.717, 1.165) is 19.3 Å². The molecule has 8 heteroatoms. The number of sulfonamides is 1. The minimum atomic E-state index is -3.59. The highest BCUT2D eigenvalue weighted by molar-refractivity contribution is 7.89. The van der Waals surface area contributed by atoms with Crippen molar-refractivity contribution in [3.8, 4) is 0 Å². The molecule has 0 saturated carbocycles. The fourth-order valence-corrected chi connectivity index (χ4v) is 5.16. The molecular weight excluding hydrogens is 390 g/mol. The Morgan fingerprint density at radius 2 is 1.86 bits per heavy atom. The third-order valence-electron chi connectivity index (χ3n) is 5.00. The lowest BCUT2D eigenvalue weighted by atomic mass is 10.2. The van der Waals surface area contributed by atoms with Gasteiger partial charge in [-0.05, 0) is 50.5 Å². The Morgan fingerprint density at radius 1 is 1.14 bits per heavy atom. The van der Waals surface area contributed by atoms with Crippen molar-refractivity contribution in [3.05, 3.63) is 53.9 Å². The monoisotopic (exact) mass is 416 g/mol. The van der Waals surface area contributed by atoms with Crippen LogP contribution < -0.4 is 9.88 Å². The lowest BCUT2D eigenvalue weighted by Gasteiger charge is -2.26. The summed E-state index contributed by atoms with van der Waals surface area (Å²) in [5.74, 6) is -0.383. The van der Waals surface area contributed by atoms with Crippen molar-refractivity contribution in [2.45, 2.75) is 44.6 Å². The molecule has 0 spiro atoms. The number of pyridine rings is 1. The molecule has 1 saturated heterocycles. The molecule has 2 heterocycles. The molecule has 1 fully saturated rings. The Labute approximate surface area is 171 Å². The molecule has 3 rings (SSSR count). The first-order chi connectivity index (χ1) is 13.8. The van der Waals surface area contributed by atoms with Crippen LogP contribution in [0.15, 0.2) is 47.6 Å². The molecule has 7 nitrogen and oxygen atoms in total. The Morgan fingerprint density at radius 3 is 2.55 bits per heavy atom. The second-order valence-corrected chi connectivity index (χ2v) is 9.22. The van der Waals surface area contributed by atoms with Gasteiger partial charge in [0.05, 0.1) is 10.5 Å². The van der Waals surface area contributed by atoms with E-state index in [0.29, 0.717) is 29.9 Å². The molecule has 1 aromatic heterocycles. The number of rotatable bonds is 6. The fraction of sp³-hybridized carbons (Fsp3) is 0.381. The van der Waals surface area contributed by atoms with Gasteiger partial charge in [0.2, 0.25) is 16.6 Å². The largest absolute Gasteiger partial charge is 0.321 e. The van der Waals surface area contributed by atoms with Gasteiger partial charge in [0.1, 0.15) is 0 Å². The molecule has 0 atom stereocenters. The number of ketones is 1. The van der Waals surface area contributed by atoms with Gasteiger partial charge < -0.3 is 5.32 Å². The van der Waals surface area contributed by atoms with E-state index < -0.39 is 10.0 Å². The van der Waals surface area contributed by atoms with Crippen LogP contribution in [-0.4, -0.2) is 37.5 Å². The summed E-state index contributed by atoms with van der Waals surface area (Å²) in [7, 11) is -3.59. The van der Waals surface area contributed by atoms with Gasteiger partial charge in [0.15, 0.2) is 18.2 Å². The number of aryl methyl sites for hydroxylation is 1. The van der Waals surface area contributed by atoms with Gasteiger partial charge in [-0.25, -0.2) is 8.42 Å². The second kappa shape index (κ2) is 8.84. The average Bonchev–Trinajstić information content (AvgIpc) is 2.70. The molecule has 1 amide bonds. The highest BCUT2D eigenvalue weighted by Gasteiger charge is 2.27. The van der Waals surface area contributed by atoms with E-state index >= 15 is 0 Å². The van der Waals surface area contributed by atoms with Crippen LogP contribution in [0.1, 0.15) is 42.1 Å². The number of anilines is 1. The van der Waals surface area contributed by atoms with Crippen LogP contribution in [0.2, 0.25) is 0 Å². The number of hydrogen-bond donors (Lipinski definition) is 1. The molecule has 154 valence electrons. The Balaban J connectivity index is 1.76. The first-order valence-corrected chi connectivity index (χ1v) is 11.1. The van der Waals surface area contributed by atoms with Crippen molar-refractivity contribution in [2.75, 3.05) is 18.4 Å². The van der Waals surface area contributed by atoms with Crippen molar-refractivity contribution in [1.29, 1.82) is 0 Å². The van der Waals surface area contributed by atoms with Crippen LogP contribution in [0.25, 0.3) is 0 Å². The highest BCUT2D eigenvalue weighted by atomic mass is 32.2. The molecular formula is C21H26N3O4S+. The van der Waals surface area contributed by atoms with E-state index in [9.17, 15) is 18.0 Å². The predicted octanol–water partition coefficient (Wildman–Crippen LogP) is 2.30. The first kappa shape index (κ1) is 21.1. The van der Waals surface area contributed by atoms with Gasteiger partial charge in [-0.2, -0.15) is 8.87 Å². The zero-order chi connectivity index (χ0) is 21.0. The maximum atomic E-state index is 13.0. The van der Waals surface area contributed by atoms with Gasteiger partial charge in [-0.15, -0.1) is 0 Å². The molecule has 0 aliphatic carbocycles. The number of amides is 1. The lowest BCUT2D eigenvalue weighted by Crippen LogP contribution is -2.40. The summed E-state index contributed by atoms with van der Waals surface area (Å²) in [6, 6.07) is 8.32. The van der Waals surface area contributed by atoms with Gasteiger partial charge in [-0.3, -0.25) is 9.59 Å². The van der Waals surface area contributed by atoms with E-state index in [4.69, 9.17) is 0 Å². The number of carbonyl (C=O) groups excluding carboxylic acids is 2. The third-order valence-corrected chi connectivity index (χ3v) is 7.04. The molecule has 0 bridgehead atoms. The van der Waals surface area contributed by atoms with Crippen LogP contribution in [0.3, 0.4) is 0 Å². The van der Waals surface area contributed by atoms with Crippen molar-refractivity contribution in [1.82, 2.24) is 4.31 Å². The molecule has 1 aliphatic rings. The second-order valence-electron chi connectivity index (χ2n) is 7.31. The minimum Gasteiger partial charge on any atom is -0.321 e. The summed E-state index contributed by atoms with van der Waals surface area (Å²) in [6.45, 7) is 4.30. The van der Waals surface area contributed by atoms with E-state index in [1.807, 2.05) is 0 Å². The Kier molecular flexibility index (Phi) is 6.44. The number of aromatic nitrogens is 1. The number of nitrogens with one attached hydrogen (secondary N) is 1. The average molecular weight is 417 g/mol. The maximum absolute atomic E-state index is 13.0. The SMILES string of the molecule is CC(=O)c1ccc[n+](CC(=O)Nc2ccc(C)c(S(=O)(=O)N3CCCCC3)c2)c1. The molecule has 1 aliphatic heterocycles. The summed E-state index contributed by atoms with van der Waals surface area (Å²) in [4.78, 5) is 24.2. The number of carbonyl (C=O) groups is 2. The van der Waals surface area contributed by atoms with Crippen LogP contribution >= 0.6 is 0 Å². The van der Waals surface area contributed by atoms with Crippen molar-refractivity contribution < 1.29 is 22.6 Å². The van der Waals surface area contributed by atoms with Crippen molar-refractivity contribution >= 4 is 27.4 Å². The number of nitrogens with zero attached hydrogens (tertiary/aromatic N) is 2.